The van der Waals surface area contributed by atoms with Crippen LogP contribution in [0.1, 0.15) is 53.7 Å². The Labute approximate surface area is 224 Å². The fraction of sp³-hybridized carbons (Fsp3) is 0.714. The van der Waals surface area contributed by atoms with Gasteiger partial charge in [-0.25, -0.2) is 4.67 Å². The summed E-state index contributed by atoms with van der Waals surface area (Å²) >= 11 is 0. The van der Waals surface area contributed by atoms with Gasteiger partial charge in [-0.3, -0.25) is 9.59 Å². The molecule has 39 heavy (non-hydrogen) atoms. The number of aromatic nitrogens is 5. The maximum Gasteiger partial charge on any atom is 0.418 e. The first-order valence-electron chi connectivity index (χ1n) is 12.1. The summed E-state index contributed by atoms with van der Waals surface area (Å²) in [6.07, 6.45) is -2.40. The zero-order valence-corrected chi connectivity index (χ0v) is 23.1. The highest BCUT2D eigenvalue weighted by Gasteiger charge is 2.43. The van der Waals surface area contributed by atoms with Crippen molar-refractivity contribution in [2.45, 2.75) is 84.7 Å². The minimum absolute atomic E-state index is 0.0219. The van der Waals surface area contributed by atoms with Crippen LogP contribution < -0.4 is 5.56 Å². The molecule has 4 unspecified atom stereocenters. The molecule has 4 atom stereocenters. The van der Waals surface area contributed by atoms with Crippen molar-refractivity contribution in [3.63, 3.8) is 0 Å². The molecule has 18 heteroatoms. The van der Waals surface area contributed by atoms with Gasteiger partial charge in [0.25, 0.3) is 8.53 Å². The third-order valence-electron chi connectivity index (χ3n) is 5.66. The van der Waals surface area contributed by atoms with Crippen LogP contribution >= 0.6 is 8.53 Å². The van der Waals surface area contributed by atoms with Gasteiger partial charge < -0.3 is 33.7 Å². The Morgan fingerprint density at radius 3 is 2.64 bits per heavy atom. The topological polar surface area (TPSA) is 210 Å². The van der Waals surface area contributed by atoms with E-state index in [1.165, 1.54) is 6.92 Å². The molecule has 2 aromatic rings. The largest absolute Gasteiger partial charge is 0.463 e. The molecule has 0 radical (unpaired) electrons. The summed E-state index contributed by atoms with van der Waals surface area (Å²) in [4.78, 5) is 35.3. The Morgan fingerprint density at radius 2 is 2.08 bits per heavy atom. The standard InChI is InChI=1S/C21H31N8O9P/c1-12(2)28(13(3)4)39(36-8-6-7-22)38-15-9-17(37-16(15)10-35-14(5)31)27-21(32)19-18(23-25-27)20(29(33)34)24-26(19)11-30/h12-13,15-17,30H,6,8-11H2,1-5H3. The number of carbonyl (C=O) groups is 1. The second-order valence-corrected chi connectivity index (χ2v) is 10.5. The molecule has 1 aliphatic rings. The molecule has 3 heterocycles. The number of ether oxygens (including phenoxy) is 2. The Kier molecular flexibility index (Phi) is 10.4. The Balaban J connectivity index is 1.97. The normalized spacial score (nSPS) is 20.2. The first-order valence-corrected chi connectivity index (χ1v) is 13.3. The molecule has 0 aliphatic carbocycles. The number of carbonyl (C=O) groups excluding carboxylic acids is 1. The van der Waals surface area contributed by atoms with Crippen LogP contribution in [0.2, 0.25) is 0 Å². The van der Waals surface area contributed by atoms with E-state index in [0.29, 0.717) is 0 Å². The number of hydrogen-bond donors (Lipinski definition) is 1. The van der Waals surface area contributed by atoms with Crippen LogP contribution in [-0.4, -0.2) is 82.9 Å². The third-order valence-corrected chi connectivity index (χ3v) is 7.82. The average molecular weight is 571 g/mol. The molecule has 0 aromatic carbocycles. The van der Waals surface area contributed by atoms with Crippen molar-refractivity contribution in [1.82, 2.24) is 29.4 Å². The van der Waals surface area contributed by atoms with Crippen LogP contribution in [0, 0.1) is 21.4 Å². The highest BCUT2D eigenvalue weighted by molar-refractivity contribution is 7.44. The first-order chi connectivity index (χ1) is 18.5. The molecular weight excluding hydrogens is 539 g/mol. The van der Waals surface area contributed by atoms with Crippen molar-refractivity contribution in [3.8, 4) is 6.07 Å². The van der Waals surface area contributed by atoms with Crippen LogP contribution in [0.25, 0.3) is 11.0 Å². The Bertz CT molecular complexity index is 1270. The number of nitriles is 1. The first kappa shape index (κ1) is 30.4. The van der Waals surface area contributed by atoms with Gasteiger partial charge in [-0.2, -0.15) is 9.94 Å². The van der Waals surface area contributed by atoms with E-state index in [4.69, 9.17) is 23.8 Å². The molecule has 17 nitrogen and oxygen atoms in total. The monoisotopic (exact) mass is 570 g/mol. The Hall–Kier alpha value is -3.13. The highest BCUT2D eigenvalue weighted by Crippen LogP contribution is 2.49. The van der Waals surface area contributed by atoms with Gasteiger partial charge in [-0.05, 0) is 32.6 Å². The summed E-state index contributed by atoms with van der Waals surface area (Å²) in [5.41, 5.74) is -1.53. The van der Waals surface area contributed by atoms with Crippen molar-refractivity contribution < 1.29 is 33.3 Å². The second-order valence-electron chi connectivity index (χ2n) is 9.12. The van der Waals surface area contributed by atoms with Gasteiger partial charge in [-0.1, -0.05) is 5.21 Å². The minimum Gasteiger partial charge on any atom is -0.463 e. The molecule has 1 saturated heterocycles. The van der Waals surface area contributed by atoms with Crippen molar-refractivity contribution in [2.24, 2.45) is 0 Å². The zero-order valence-electron chi connectivity index (χ0n) is 22.2. The number of nitrogens with zero attached hydrogens (tertiary/aromatic N) is 8. The maximum atomic E-state index is 13.3. The number of esters is 1. The fourth-order valence-electron chi connectivity index (χ4n) is 4.12. The van der Waals surface area contributed by atoms with Gasteiger partial charge in [0.15, 0.2) is 18.5 Å². The SMILES string of the molecule is CC(=O)OCC1OC(n2nnc3c([N+](=O)[O-])nn(CO)c3c2=O)CC1OP(OCCC#N)N(C(C)C)C(C)C. The lowest BCUT2D eigenvalue weighted by Gasteiger charge is -2.37. The molecule has 1 aliphatic heterocycles. The number of hydrogen-bond acceptors (Lipinski definition) is 14. The lowest BCUT2D eigenvalue weighted by molar-refractivity contribution is -0.388. The van der Waals surface area contributed by atoms with Gasteiger partial charge >= 0.3 is 17.3 Å². The number of aliphatic hydroxyl groups excluding tert-OH is 1. The van der Waals surface area contributed by atoms with Crippen LogP contribution in [0.4, 0.5) is 5.82 Å². The van der Waals surface area contributed by atoms with Crippen LogP contribution in [0.15, 0.2) is 4.79 Å². The molecule has 0 amide bonds. The van der Waals surface area contributed by atoms with Gasteiger partial charge in [-0.15, -0.1) is 9.78 Å². The quantitative estimate of drug-likeness (QED) is 0.118. The number of nitro groups is 1. The van der Waals surface area contributed by atoms with E-state index < -0.39 is 56.0 Å². The number of aliphatic hydroxyl groups is 1. The lowest BCUT2D eigenvalue weighted by Crippen LogP contribution is -2.36. The van der Waals surface area contributed by atoms with E-state index >= 15 is 0 Å². The molecule has 2 aromatic heterocycles. The van der Waals surface area contributed by atoms with E-state index in [1.807, 2.05) is 38.4 Å². The molecule has 0 spiro atoms. The van der Waals surface area contributed by atoms with E-state index in [-0.39, 0.29) is 49.2 Å². The molecule has 214 valence electrons. The molecular formula is C21H31N8O9P. The van der Waals surface area contributed by atoms with Crippen LogP contribution in [0.3, 0.4) is 0 Å². The molecule has 0 bridgehead atoms. The van der Waals surface area contributed by atoms with E-state index in [1.54, 1.807) is 0 Å². The van der Waals surface area contributed by atoms with E-state index in [9.17, 15) is 24.8 Å². The van der Waals surface area contributed by atoms with Crippen molar-refractivity contribution in [2.75, 3.05) is 13.2 Å². The summed E-state index contributed by atoms with van der Waals surface area (Å²) in [6, 6.07) is 2.08. The number of rotatable bonds is 13. The predicted octanol–water partition coefficient (Wildman–Crippen LogP) is 1.36. The minimum atomic E-state index is -1.70. The molecule has 1 fully saturated rings. The highest BCUT2D eigenvalue weighted by atomic mass is 31.2. The number of fused-ring (bicyclic) bond motifs is 1. The van der Waals surface area contributed by atoms with Gasteiger partial charge in [0, 0.05) is 25.4 Å². The van der Waals surface area contributed by atoms with E-state index in [0.717, 1.165) is 9.36 Å². The predicted molar refractivity (Wildman–Crippen MR) is 134 cm³/mol. The summed E-state index contributed by atoms with van der Waals surface area (Å²) in [5.74, 6) is -1.27. The fourth-order valence-corrected chi connectivity index (χ4v) is 5.88. The van der Waals surface area contributed by atoms with E-state index in [2.05, 4.69) is 15.4 Å². The lowest BCUT2D eigenvalue weighted by atomic mass is 10.2. The summed E-state index contributed by atoms with van der Waals surface area (Å²) in [7, 11) is -1.70. The van der Waals surface area contributed by atoms with Crippen LogP contribution in [-0.2, 0) is 30.0 Å². The average Bonchev–Trinajstić information content (AvgIpc) is 3.44. The zero-order chi connectivity index (χ0) is 28.9. The van der Waals surface area contributed by atoms with Gasteiger partial charge in [0.05, 0.1) is 30.3 Å². The molecule has 3 rings (SSSR count). The van der Waals surface area contributed by atoms with Crippen molar-refractivity contribution in [3.05, 3.63) is 20.5 Å². The summed E-state index contributed by atoms with van der Waals surface area (Å²) in [5, 5.41) is 41.1. The smallest absolute Gasteiger partial charge is 0.418 e. The van der Waals surface area contributed by atoms with Crippen molar-refractivity contribution in [1.29, 1.82) is 5.26 Å². The summed E-state index contributed by atoms with van der Waals surface area (Å²) in [6.45, 7) is 8.29. The van der Waals surface area contributed by atoms with Gasteiger partial charge in [0.2, 0.25) is 5.52 Å². The second kappa shape index (κ2) is 13.3. The van der Waals surface area contributed by atoms with Crippen LogP contribution in [0.5, 0.6) is 0 Å². The summed E-state index contributed by atoms with van der Waals surface area (Å²) < 4.78 is 27.2. The van der Waals surface area contributed by atoms with Crippen molar-refractivity contribution >= 4 is 31.3 Å². The molecule has 1 N–H and O–H groups in total. The van der Waals surface area contributed by atoms with Gasteiger partial charge in [0.1, 0.15) is 12.7 Å². The third kappa shape index (κ3) is 6.90. The maximum absolute atomic E-state index is 13.3. The Morgan fingerprint density at radius 1 is 1.38 bits per heavy atom. The molecule has 0 saturated carbocycles.